The Labute approximate surface area is 171 Å². The van der Waals surface area contributed by atoms with Gasteiger partial charge >= 0.3 is 6.03 Å². The molecule has 2 amide bonds. The van der Waals surface area contributed by atoms with Gasteiger partial charge in [-0.25, -0.2) is 4.79 Å². The van der Waals surface area contributed by atoms with Crippen LogP contribution in [0.25, 0.3) is 0 Å². The second-order valence-electron chi connectivity index (χ2n) is 7.20. The lowest BCUT2D eigenvalue weighted by Gasteiger charge is -2.39. The molecule has 8 heteroatoms. The Balaban J connectivity index is 1.69. The van der Waals surface area contributed by atoms with Gasteiger partial charge in [0.25, 0.3) is 0 Å². The molecule has 28 heavy (non-hydrogen) atoms. The summed E-state index contributed by atoms with van der Waals surface area (Å²) in [5.41, 5.74) is 7.04. The monoisotopic (exact) mass is 412 g/mol. The van der Waals surface area contributed by atoms with Gasteiger partial charge in [-0.1, -0.05) is 11.6 Å². The first-order chi connectivity index (χ1) is 13.5. The van der Waals surface area contributed by atoms with Gasteiger partial charge in [0.1, 0.15) is 17.0 Å². The van der Waals surface area contributed by atoms with E-state index < -0.39 is 17.8 Å². The lowest BCUT2D eigenvalue weighted by molar-refractivity contribution is -0.189. The predicted molar refractivity (Wildman–Crippen MR) is 106 cm³/mol. The number of amides is 2. The molecular formula is C20H29ClN2O5. The lowest BCUT2D eigenvalue weighted by atomic mass is 9.91. The van der Waals surface area contributed by atoms with E-state index in [1.165, 1.54) is 0 Å². The maximum absolute atomic E-state index is 11.7. The van der Waals surface area contributed by atoms with Gasteiger partial charge in [-0.15, -0.1) is 0 Å². The number of nitrogens with zero attached hydrogens (tertiary/aromatic N) is 1. The number of alkyl halides is 1. The van der Waals surface area contributed by atoms with Crippen molar-refractivity contribution in [2.75, 3.05) is 20.8 Å². The maximum Gasteiger partial charge on any atom is 0.316 e. The Morgan fingerprint density at radius 2 is 1.86 bits per heavy atom. The standard InChI is InChI=1S/C20H29ClN2O5/c1-12(21)23(20(22)24)13-4-6-14(7-5-13)28-19-18-15(10-11-27-19)16(25-2)8-9-17(18)26-3/h8-9,12-14,19H,4-7,10-11H2,1-3H3,(H2,22,24). The Morgan fingerprint density at radius 1 is 1.21 bits per heavy atom. The number of carbonyl (C=O) groups is 1. The first-order valence-electron chi connectivity index (χ1n) is 9.68. The molecule has 1 fully saturated rings. The smallest absolute Gasteiger partial charge is 0.316 e. The van der Waals surface area contributed by atoms with Crippen molar-refractivity contribution in [1.29, 1.82) is 0 Å². The van der Waals surface area contributed by atoms with Crippen molar-refractivity contribution in [1.82, 2.24) is 4.90 Å². The molecule has 3 rings (SSSR count). The number of methoxy groups -OCH3 is 2. The molecule has 1 aliphatic heterocycles. The number of nitrogens with two attached hydrogens (primary N) is 1. The van der Waals surface area contributed by atoms with Gasteiger partial charge in [-0.2, -0.15) is 0 Å². The number of hydrogen-bond acceptors (Lipinski definition) is 5. The van der Waals surface area contributed by atoms with Crippen molar-refractivity contribution < 1.29 is 23.7 Å². The number of primary amides is 1. The van der Waals surface area contributed by atoms with E-state index in [2.05, 4.69) is 0 Å². The van der Waals surface area contributed by atoms with Crippen molar-refractivity contribution in [2.45, 2.75) is 63.0 Å². The number of hydrogen-bond donors (Lipinski definition) is 1. The molecule has 2 N–H and O–H groups in total. The fourth-order valence-corrected chi connectivity index (χ4v) is 4.50. The largest absolute Gasteiger partial charge is 0.496 e. The Morgan fingerprint density at radius 3 is 2.43 bits per heavy atom. The summed E-state index contributed by atoms with van der Waals surface area (Å²) in [6.45, 7) is 2.33. The van der Waals surface area contributed by atoms with Gasteiger partial charge in [0.15, 0.2) is 6.29 Å². The van der Waals surface area contributed by atoms with Gasteiger partial charge in [-0.3, -0.25) is 0 Å². The van der Waals surface area contributed by atoms with Gasteiger partial charge in [0.05, 0.1) is 32.5 Å². The summed E-state index contributed by atoms with van der Waals surface area (Å²) >= 11 is 6.13. The zero-order chi connectivity index (χ0) is 20.3. The van der Waals surface area contributed by atoms with Gasteiger partial charge in [-0.05, 0) is 44.7 Å². The van der Waals surface area contributed by atoms with E-state index in [0.29, 0.717) is 6.61 Å². The topological polar surface area (TPSA) is 83.2 Å². The Hall–Kier alpha value is -1.70. The SMILES string of the molecule is COc1ccc(OC)c2c1CCOC2OC1CCC(N(C(N)=O)C(C)Cl)CC1. The molecule has 1 aromatic carbocycles. The molecule has 1 aromatic rings. The highest BCUT2D eigenvalue weighted by molar-refractivity contribution is 6.20. The number of ether oxygens (including phenoxy) is 4. The highest BCUT2D eigenvalue weighted by Gasteiger charge is 2.34. The van der Waals surface area contributed by atoms with Crippen molar-refractivity contribution in [3.05, 3.63) is 23.3 Å². The van der Waals surface area contributed by atoms with Crippen LogP contribution >= 0.6 is 11.6 Å². The molecule has 1 aliphatic carbocycles. The first-order valence-corrected chi connectivity index (χ1v) is 10.1. The molecule has 2 aliphatic rings. The van der Waals surface area contributed by atoms with E-state index in [-0.39, 0.29) is 12.1 Å². The van der Waals surface area contributed by atoms with Gasteiger partial charge < -0.3 is 29.6 Å². The Kier molecular flexibility index (Phi) is 6.91. The molecule has 1 saturated carbocycles. The number of benzene rings is 1. The maximum atomic E-state index is 11.7. The minimum absolute atomic E-state index is 0.0310. The van der Waals surface area contributed by atoms with Crippen molar-refractivity contribution >= 4 is 17.6 Å². The van der Waals surface area contributed by atoms with E-state index in [9.17, 15) is 4.79 Å². The van der Waals surface area contributed by atoms with Crippen molar-refractivity contribution in [3.8, 4) is 11.5 Å². The quantitative estimate of drug-likeness (QED) is 0.570. The molecule has 2 unspecified atom stereocenters. The summed E-state index contributed by atoms with van der Waals surface area (Å²) in [7, 11) is 3.31. The van der Waals surface area contributed by atoms with E-state index in [1.807, 2.05) is 12.1 Å². The van der Waals surface area contributed by atoms with Crippen LogP contribution in [-0.4, -0.2) is 49.4 Å². The molecule has 2 atom stereocenters. The van der Waals surface area contributed by atoms with E-state index in [1.54, 1.807) is 26.0 Å². The molecule has 0 radical (unpaired) electrons. The number of carbonyl (C=O) groups excluding carboxylic acids is 1. The molecule has 7 nitrogen and oxygen atoms in total. The summed E-state index contributed by atoms with van der Waals surface area (Å²) in [6, 6.07) is 3.36. The van der Waals surface area contributed by atoms with Crippen LogP contribution in [0.15, 0.2) is 12.1 Å². The van der Waals surface area contributed by atoms with E-state index in [0.717, 1.165) is 54.7 Å². The fourth-order valence-electron chi connectivity index (χ4n) is 4.25. The number of rotatable bonds is 6. The number of urea groups is 1. The van der Waals surface area contributed by atoms with Crippen molar-refractivity contribution in [2.24, 2.45) is 5.73 Å². The van der Waals surface area contributed by atoms with Gasteiger partial charge in [0.2, 0.25) is 0 Å². The average molecular weight is 413 g/mol. The third-order valence-electron chi connectivity index (χ3n) is 5.56. The summed E-state index contributed by atoms with van der Waals surface area (Å²) in [5.74, 6) is 1.56. The molecule has 0 aromatic heterocycles. The van der Waals surface area contributed by atoms with E-state index in [4.69, 9.17) is 36.3 Å². The molecule has 156 valence electrons. The first kappa shape index (κ1) is 21.0. The molecular weight excluding hydrogens is 384 g/mol. The van der Waals surface area contributed by atoms with Crippen LogP contribution in [0.5, 0.6) is 11.5 Å². The van der Waals surface area contributed by atoms with Crippen LogP contribution in [0.1, 0.15) is 50.0 Å². The Bertz CT molecular complexity index is 691. The van der Waals surface area contributed by atoms with E-state index >= 15 is 0 Å². The summed E-state index contributed by atoms with van der Waals surface area (Å²) in [6.07, 6.45) is 3.49. The van der Waals surface area contributed by atoms with Crippen LogP contribution in [0.2, 0.25) is 0 Å². The second-order valence-corrected chi connectivity index (χ2v) is 7.83. The predicted octanol–water partition coefficient (Wildman–Crippen LogP) is 3.57. The molecule has 0 spiro atoms. The number of halogens is 1. The summed E-state index contributed by atoms with van der Waals surface area (Å²) < 4.78 is 23.3. The van der Waals surface area contributed by atoms with Crippen LogP contribution < -0.4 is 15.2 Å². The average Bonchev–Trinajstić information content (AvgIpc) is 2.68. The van der Waals surface area contributed by atoms with Gasteiger partial charge in [0, 0.05) is 18.0 Å². The van der Waals surface area contributed by atoms with Crippen LogP contribution in [0.3, 0.4) is 0 Å². The minimum Gasteiger partial charge on any atom is -0.496 e. The highest BCUT2D eigenvalue weighted by atomic mass is 35.5. The van der Waals surface area contributed by atoms with Crippen LogP contribution in [-0.2, 0) is 15.9 Å². The second kappa shape index (κ2) is 9.20. The van der Waals surface area contributed by atoms with Crippen LogP contribution in [0.4, 0.5) is 4.79 Å². The minimum atomic E-state index is -0.491. The summed E-state index contributed by atoms with van der Waals surface area (Å²) in [4.78, 5) is 13.2. The zero-order valence-electron chi connectivity index (χ0n) is 16.7. The third-order valence-corrected chi connectivity index (χ3v) is 5.77. The van der Waals surface area contributed by atoms with Crippen molar-refractivity contribution in [3.63, 3.8) is 0 Å². The number of fused-ring (bicyclic) bond motifs is 1. The van der Waals surface area contributed by atoms with Crippen LogP contribution in [0, 0.1) is 0 Å². The summed E-state index contributed by atoms with van der Waals surface area (Å²) in [5, 5.41) is 0. The lowest BCUT2D eigenvalue weighted by Crippen LogP contribution is -2.48. The highest BCUT2D eigenvalue weighted by Crippen LogP contribution is 2.42. The molecule has 1 heterocycles. The fraction of sp³-hybridized carbons (Fsp3) is 0.650. The zero-order valence-corrected chi connectivity index (χ0v) is 17.4. The molecule has 0 bridgehead atoms. The normalized spacial score (nSPS) is 25.5. The third kappa shape index (κ3) is 4.31. The molecule has 0 saturated heterocycles.